The van der Waals surface area contributed by atoms with Crippen molar-refractivity contribution in [3.8, 4) is 11.4 Å². The molecule has 0 bridgehead atoms. The Labute approximate surface area is 161 Å². The molecule has 28 heavy (non-hydrogen) atoms. The standard InChI is InChI=1S/C21H19N5O2/c1-12(2)17-9-16(18-13(3)26-28-21(18)25-17)20(27)24-15-10-22-19(23-11-15)14-7-5-4-6-8-14/h4-12H,1-3H3,(H,24,27). The molecular weight excluding hydrogens is 354 g/mol. The first-order valence-electron chi connectivity index (χ1n) is 8.98. The first kappa shape index (κ1) is 17.8. The third-order valence-corrected chi connectivity index (χ3v) is 4.41. The summed E-state index contributed by atoms with van der Waals surface area (Å²) in [7, 11) is 0. The molecule has 0 aliphatic carbocycles. The number of benzene rings is 1. The molecule has 0 fully saturated rings. The van der Waals surface area contributed by atoms with E-state index < -0.39 is 0 Å². The Morgan fingerprint density at radius 2 is 1.82 bits per heavy atom. The number of pyridine rings is 1. The first-order valence-corrected chi connectivity index (χ1v) is 8.98. The molecule has 0 unspecified atom stereocenters. The summed E-state index contributed by atoms with van der Waals surface area (Å²) in [4.78, 5) is 26.1. The van der Waals surface area contributed by atoms with Crippen LogP contribution >= 0.6 is 0 Å². The van der Waals surface area contributed by atoms with Gasteiger partial charge in [0.15, 0.2) is 5.82 Å². The number of hydrogen-bond donors (Lipinski definition) is 1. The van der Waals surface area contributed by atoms with E-state index in [1.165, 1.54) is 0 Å². The second-order valence-electron chi connectivity index (χ2n) is 6.81. The molecule has 0 saturated carbocycles. The van der Waals surface area contributed by atoms with Gasteiger partial charge in [-0.05, 0) is 18.9 Å². The maximum Gasteiger partial charge on any atom is 0.259 e. The number of amides is 1. The van der Waals surface area contributed by atoms with E-state index in [2.05, 4.69) is 25.4 Å². The van der Waals surface area contributed by atoms with Gasteiger partial charge in [0, 0.05) is 11.3 Å². The largest absolute Gasteiger partial charge is 0.336 e. The van der Waals surface area contributed by atoms with Crippen LogP contribution in [0.3, 0.4) is 0 Å². The normalized spacial score (nSPS) is 11.1. The van der Waals surface area contributed by atoms with Gasteiger partial charge in [0.05, 0.1) is 34.7 Å². The molecule has 1 aromatic carbocycles. The van der Waals surface area contributed by atoms with Gasteiger partial charge in [-0.3, -0.25) is 4.79 Å². The summed E-state index contributed by atoms with van der Waals surface area (Å²) in [6, 6.07) is 11.4. The smallest absolute Gasteiger partial charge is 0.259 e. The highest BCUT2D eigenvalue weighted by Gasteiger charge is 2.20. The summed E-state index contributed by atoms with van der Waals surface area (Å²) in [5.41, 5.74) is 3.65. The molecule has 0 atom stereocenters. The van der Waals surface area contributed by atoms with Crippen LogP contribution < -0.4 is 5.32 Å². The fourth-order valence-electron chi connectivity index (χ4n) is 2.92. The van der Waals surface area contributed by atoms with Crippen LogP contribution in [-0.4, -0.2) is 26.0 Å². The van der Waals surface area contributed by atoms with Gasteiger partial charge in [-0.15, -0.1) is 0 Å². The van der Waals surface area contributed by atoms with Gasteiger partial charge >= 0.3 is 0 Å². The molecule has 0 spiro atoms. The molecule has 0 saturated heterocycles. The average molecular weight is 373 g/mol. The molecule has 0 aliphatic rings. The molecule has 3 heterocycles. The Bertz CT molecular complexity index is 1130. The van der Waals surface area contributed by atoms with E-state index in [0.29, 0.717) is 33.9 Å². The first-order chi connectivity index (χ1) is 13.5. The Morgan fingerprint density at radius 1 is 1.11 bits per heavy atom. The zero-order chi connectivity index (χ0) is 19.7. The Kier molecular flexibility index (Phi) is 4.57. The maximum absolute atomic E-state index is 12.9. The molecule has 4 rings (SSSR count). The molecule has 0 aliphatic heterocycles. The van der Waals surface area contributed by atoms with E-state index in [4.69, 9.17) is 4.52 Å². The summed E-state index contributed by atoms with van der Waals surface area (Å²) in [5, 5.41) is 7.41. The third-order valence-electron chi connectivity index (χ3n) is 4.41. The van der Waals surface area contributed by atoms with Crippen molar-refractivity contribution in [2.75, 3.05) is 5.32 Å². The fraction of sp³-hybridized carbons (Fsp3) is 0.190. The predicted octanol–water partition coefficient (Wildman–Crippen LogP) is 4.36. The number of nitrogens with one attached hydrogen (secondary N) is 1. The van der Waals surface area contributed by atoms with Crippen LogP contribution in [0.4, 0.5) is 5.69 Å². The van der Waals surface area contributed by atoms with Gasteiger partial charge < -0.3 is 9.84 Å². The summed E-state index contributed by atoms with van der Waals surface area (Å²) >= 11 is 0. The number of anilines is 1. The highest BCUT2D eigenvalue weighted by Crippen LogP contribution is 2.26. The monoisotopic (exact) mass is 373 g/mol. The molecule has 4 aromatic rings. The van der Waals surface area contributed by atoms with Crippen LogP contribution in [-0.2, 0) is 0 Å². The maximum atomic E-state index is 12.9. The van der Waals surface area contributed by atoms with Crippen molar-refractivity contribution in [3.05, 3.63) is 65.7 Å². The van der Waals surface area contributed by atoms with Crippen molar-refractivity contribution in [2.45, 2.75) is 26.7 Å². The van der Waals surface area contributed by atoms with Crippen LogP contribution in [0.2, 0.25) is 0 Å². The van der Waals surface area contributed by atoms with Crippen molar-refractivity contribution in [1.82, 2.24) is 20.1 Å². The number of hydrogen-bond acceptors (Lipinski definition) is 6. The second-order valence-corrected chi connectivity index (χ2v) is 6.81. The molecule has 1 N–H and O–H groups in total. The van der Waals surface area contributed by atoms with E-state index in [9.17, 15) is 4.79 Å². The van der Waals surface area contributed by atoms with Crippen LogP contribution in [0.25, 0.3) is 22.5 Å². The predicted molar refractivity (Wildman–Crippen MR) is 106 cm³/mol. The minimum absolute atomic E-state index is 0.148. The number of carbonyl (C=O) groups excluding carboxylic acids is 1. The van der Waals surface area contributed by atoms with E-state index in [1.54, 1.807) is 25.4 Å². The molecule has 7 heteroatoms. The second kappa shape index (κ2) is 7.19. The van der Waals surface area contributed by atoms with Crippen molar-refractivity contribution >= 4 is 22.7 Å². The van der Waals surface area contributed by atoms with Crippen molar-refractivity contribution in [1.29, 1.82) is 0 Å². The fourth-order valence-corrected chi connectivity index (χ4v) is 2.92. The third kappa shape index (κ3) is 3.34. The Hall–Kier alpha value is -3.61. The molecule has 1 amide bonds. The molecule has 7 nitrogen and oxygen atoms in total. The van der Waals surface area contributed by atoms with Crippen LogP contribution in [0.5, 0.6) is 0 Å². The van der Waals surface area contributed by atoms with Crippen LogP contribution in [0.1, 0.15) is 41.5 Å². The van der Waals surface area contributed by atoms with Crippen molar-refractivity contribution < 1.29 is 9.32 Å². The molecule has 3 aromatic heterocycles. The number of aryl methyl sites for hydroxylation is 1. The highest BCUT2D eigenvalue weighted by molar-refractivity contribution is 6.12. The lowest BCUT2D eigenvalue weighted by Gasteiger charge is -2.09. The zero-order valence-electron chi connectivity index (χ0n) is 15.8. The van der Waals surface area contributed by atoms with Gasteiger partial charge in [-0.2, -0.15) is 0 Å². The molecule has 0 radical (unpaired) electrons. The van der Waals surface area contributed by atoms with Gasteiger partial charge in [0.1, 0.15) is 0 Å². The Morgan fingerprint density at radius 3 is 2.50 bits per heavy atom. The zero-order valence-corrected chi connectivity index (χ0v) is 15.8. The number of rotatable bonds is 4. The van der Waals surface area contributed by atoms with Gasteiger partial charge in [-0.1, -0.05) is 49.3 Å². The summed E-state index contributed by atoms with van der Waals surface area (Å²) in [5.74, 6) is 0.466. The lowest BCUT2D eigenvalue weighted by Crippen LogP contribution is -2.14. The summed E-state index contributed by atoms with van der Waals surface area (Å²) in [6.45, 7) is 5.81. The van der Waals surface area contributed by atoms with Gasteiger partial charge in [0.25, 0.3) is 11.6 Å². The lowest BCUT2D eigenvalue weighted by molar-refractivity contribution is 0.102. The quantitative estimate of drug-likeness (QED) is 0.571. The lowest BCUT2D eigenvalue weighted by atomic mass is 10.0. The number of carbonyl (C=O) groups is 1. The minimum Gasteiger partial charge on any atom is -0.336 e. The van der Waals surface area contributed by atoms with E-state index in [1.807, 2.05) is 44.2 Å². The average Bonchev–Trinajstić information content (AvgIpc) is 3.09. The summed E-state index contributed by atoms with van der Waals surface area (Å²) in [6.07, 6.45) is 3.19. The van der Waals surface area contributed by atoms with E-state index >= 15 is 0 Å². The topological polar surface area (TPSA) is 93.8 Å². The van der Waals surface area contributed by atoms with Crippen LogP contribution in [0.15, 0.2) is 53.3 Å². The molecule has 140 valence electrons. The number of aromatic nitrogens is 4. The van der Waals surface area contributed by atoms with Crippen molar-refractivity contribution in [2.24, 2.45) is 0 Å². The van der Waals surface area contributed by atoms with Gasteiger partial charge in [-0.25, -0.2) is 15.0 Å². The number of nitrogens with zero attached hydrogens (tertiary/aromatic N) is 4. The molecular formula is C21H19N5O2. The minimum atomic E-state index is -0.281. The van der Waals surface area contributed by atoms with E-state index in [-0.39, 0.29) is 11.8 Å². The van der Waals surface area contributed by atoms with Crippen molar-refractivity contribution in [3.63, 3.8) is 0 Å². The van der Waals surface area contributed by atoms with Crippen LogP contribution in [0, 0.1) is 6.92 Å². The highest BCUT2D eigenvalue weighted by atomic mass is 16.5. The summed E-state index contributed by atoms with van der Waals surface area (Å²) < 4.78 is 5.28. The number of fused-ring (bicyclic) bond motifs is 1. The SMILES string of the molecule is Cc1noc2nc(C(C)C)cc(C(=O)Nc3cnc(-c4ccccc4)nc3)c12. The van der Waals surface area contributed by atoms with Gasteiger partial charge in [0.2, 0.25) is 0 Å². The Balaban J connectivity index is 1.64. The van der Waals surface area contributed by atoms with E-state index in [0.717, 1.165) is 11.3 Å².